The fraction of sp³-hybridized carbons (Fsp3) is 0.429. The first-order valence-electron chi connectivity index (χ1n) is 9.31. The minimum absolute atomic E-state index is 0.140. The fourth-order valence-corrected chi connectivity index (χ4v) is 4.78. The van der Waals surface area contributed by atoms with E-state index in [9.17, 15) is 4.79 Å². The van der Waals surface area contributed by atoms with Crippen molar-refractivity contribution in [2.75, 3.05) is 25.9 Å². The maximum absolute atomic E-state index is 13.2. The molecule has 1 aromatic carbocycles. The predicted molar refractivity (Wildman–Crippen MR) is 105 cm³/mol. The zero-order valence-electron chi connectivity index (χ0n) is 15.2. The normalized spacial score (nSPS) is 23.0. The van der Waals surface area contributed by atoms with E-state index in [0.29, 0.717) is 12.0 Å². The smallest absolute Gasteiger partial charge is 0.256 e. The van der Waals surface area contributed by atoms with Crippen LogP contribution >= 0.6 is 11.8 Å². The summed E-state index contributed by atoms with van der Waals surface area (Å²) in [5.74, 6) is 0.705. The lowest BCUT2D eigenvalue weighted by Gasteiger charge is -2.36. The van der Waals surface area contributed by atoms with Gasteiger partial charge < -0.3 is 4.90 Å². The van der Waals surface area contributed by atoms with E-state index in [1.54, 1.807) is 18.0 Å². The Morgan fingerprint density at radius 3 is 2.77 bits per heavy atom. The largest absolute Gasteiger partial charge is 0.337 e. The Labute approximate surface area is 159 Å². The molecular weight excluding hydrogens is 342 g/mol. The van der Waals surface area contributed by atoms with Crippen molar-refractivity contribution < 1.29 is 4.79 Å². The monoisotopic (exact) mass is 367 g/mol. The van der Waals surface area contributed by atoms with E-state index in [1.807, 2.05) is 18.4 Å². The Morgan fingerprint density at radius 1 is 1.12 bits per heavy atom. The average molecular weight is 368 g/mol. The molecule has 2 aromatic rings. The Morgan fingerprint density at radius 2 is 1.96 bits per heavy atom. The summed E-state index contributed by atoms with van der Waals surface area (Å²) in [6.45, 7) is 3.76. The molecule has 4 heterocycles. The third-order valence-corrected chi connectivity index (χ3v) is 6.25. The highest BCUT2D eigenvalue weighted by molar-refractivity contribution is 7.98. The molecule has 26 heavy (non-hydrogen) atoms. The van der Waals surface area contributed by atoms with Crippen molar-refractivity contribution >= 4 is 17.7 Å². The molecule has 0 radical (unpaired) electrons. The summed E-state index contributed by atoms with van der Waals surface area (Å²) in [6, 6.07) is 14.9. The molecule has 1 aromatic heterocycles. The number of nitrogens with zero attached hydrogens (tertiary/aromatic N) is 3. The second-order valence-corrected chi connectivity index (χ2v) is 8.08. The zero-order chi connectivity index (χ0) is 17.9. The minimum atomic E-state index is 0.140. The SMILES string of the molecule is CSc1ncccc1C(=O)N1C[C@@H]2CC[C@H](C1)N(Cc1ccccc1)C2. The molecule has 0 unspecified atom stereocenters. The van der Waals surface area contributed by atoms with Gasteiger partial charge in [0.15, 0.2) is 0 Å². The van der Waals surface area contributed by atoms with Crippen molar-refractivity contribution in [2.45, 2.75) is 30.5 Å². The summed E-state index contributed by atoms with van der Waals surface area (Å²) >= 11 is 1.54. The molecule has 3 aliphatic heterocycles. The number of hydrogen-bond donors (Lipinski definition) is 0. The third-order valence-electron chi connectivity index (χ3n) is 5.54. The Balaban J connectivity index is 1.52. The van der Waals surface area contributed by atoms with Crippen molar-refractivity contribution in [1.29, 1.82) is 0 Å². The summed E-state index contributed by atoms with van der Waals surface area (Å²) < 4.78 is 0. The van der Waals surface area contributed by atoms with Crippen molar-refractivity contribution in [3.63, 3.8) is 0 Å². The van der Waals surface area contributed by atoms with Gasteiger partial charge in [0.2, 0.25) is 0 Å². The molecule has 5 rings (SSSR count). The first kappa shape index (κ1) is 17.6. The average Bonchev–Trinajstić information content (AvgIpc) is 3.00. The van der Waals surface area contributed by atoms with Crippen LogP contribution in [0.4, 0.5) is 0 Å². The maximum Gasteiger partial charge on any atom is 0.256 e. The van der Waals surface area contributed by atoms with Crippen LogP contribution in [0.5, 0.6) is 0 Å². The first-order chi connectivity index (χ1) is 12.7. The van der Waals surface area contributed by atoms with Crippen molar-refractivity contribution in [2.24, 2.45) is 5.92 Å². The topological polar surface area (TPSA) is 36.4 Å². The van der Waals surface area contributed by atoms with E-state index in [1.165, 1.54) is 18.4 Å². The number of carbonyl (C=O) groups is 1. The van der Waals surface area contributed by atoms with Crippen LogP contribution in [0, 0.1) is 5.92 Å². The second-order valence-electron chi connectivity index (χ2n) is 7.28. The van der Waals surface area contributed by atoms with Crippen LogP contribution < -0.4 is 0 Å². The van der Waals surface area contributed by atoms with Gasteiger partial charge in [0.05, 0.1) is 5.56 Å². The number of carbonyl (C=O) groups excluding carboxylic acids is 1. The number of amides is 1. The molecule has 4 nitrogen and oxygen atoms in total. The number of hydrogen-bond acceptors (Lipinski definition) is 4. The van der Waals surface area contributed by atoms with Gasteiger partial charge in [-0.1, -0.05) is 30.3 Å². The van der Waals surface area contributed by atoms with Crippen molar-refractivity contribution in [3.05, 3.63) is 59.8 Å². The number of piperidine rings is 1. The summed E-state index contributed by atoms with van der Waals surface area (Å²) in [5.41, 5.74) is 2.10. The van der Waals surface area contributed by atoms with Gasteiger partial charge in [-0.3, -0.25) is 9.69 Å². The third kappa shape index (κ3) is 3.64. The van der Waals surface area contributed by atoms with Crippen LogP contribution in [0.25, 0.3) is 0 Å². The number of benzene rings is 1. The maximum atomic E-state index is 13.2. The molecule has 5 heteroatoms. The molecule has 0 N–H and O–H groups in total. The number of pyridine rings is 1. The van der Waals surface area contributed by atoms with Crippen LogP contribution in [0.1, 0.15) is 28.8 Å². The molecule has 2 bridgehead atoms. The number of aromatic nitrogens is 1. The van der Waals surface area contributed by atoms with Crippen LogP contribution in [-0.2, 0) is 6.54 Å². The van der Waals surface area contributed by atoms with Gasteiger partial charge >= 0.3 is 0 Å². The summed E-state index contributed by atoms with van der Waals surface area (Å²) in [7, 11) is 0. The van der Waals surface area contributed by atoms with Gasteiger partial charge in [-0.15, -0.1) is 11.8 Å². The number of thioether (sulfide) groups is 1. The number of rotatable bonds is 4. The summed E-state index contributed by atoms with van der Waals surface area (Å²) in [5, 5.41) is 0.829. The fourth-order valence-electron chi connectivity index (χ4n) is 4.24. The van der Waals surface area contributed by atoms with Crippen LogP contribution in [0.2, 0.25) is 0 Å². The van der Waals surface area contributed by atoms with E-state index in [2.05, 4.69) is 45.1 Å². The first-order valence-corrected chi connectivity index (χ1v) is 10.5. The van der Waals surface area contributed by atoms with Gasteiger partial charge in [0.1, 0.15) is 5.03 Å². The Hall–Kier alpha value is -1.85. The molecule has 0 saturated carbocycles. The molecule has 3 fully saturated rings. The van der Waals surface area contributed by atoms with E-state index >= 15 is 0 Å². The van der Waals surface area contributed by atoms with Gasteiger partial charge in [-0.2, -0.15) is 0 Å². The van der Waals surface area contributed by atoms with Crippen molar-refractivity contribution in [1.82, 2.24) is 14.8 Å². The van der Waals surface area contributed by atoms with Crippen molar-refractivity contribution in [3.8, 4) is 0 Å². The van der Waals surface area contributed by atoms with E-state index < -0.39 is 0 Å². The van der Waals surface area contributed by atoms with Gasteiger partial charge in [0, 0.05) is 38.4 Å². The minimum Gasteiger partial charge on any atom is -0.337 e. The molecule has 3 saturated heterocycles. The second kappa shape index (κ2) is 7.80. The molecule has 2 atom stereocenters. The van der Waals surface area contributed by atoms with Crippen LogP contribution in [0.3, 0.4) is 0 Å². The molecule has 0 spiro atoms. The zero-order valence-corrected chi connectivity index (χ0v) is 16.0. The van der Waals surface area contributed by atoms with Gasteiger partial charge in [-0.25, -0.2) is 4.98 Å². The predicted octanol–water partition coefficient (Wildman–Crippen LogP) is 3.54. The molecule has 3 aliphatic rings. The lowest BCUT2D eigenvalue weighted by atomic mass is 9.94. The van der Waals surface area contributed by atoms with Crippen LogP contribution in [-0.4, -0.2) is 52.6 Å². The van der Waals surface area contributed by atoms with E-state index in [0.717, 1.165) is 36.8 Å². The summed E-state index contributed by atoms with van der Waals surface area (Å²) in [4.78, 5) is 22.2. The van der Waals surface area contributed by atoms with E-state index in [-0.39, 0.29) is 5.91 Å². The van der Waals surface area contributed by atoms with Crippen LogP contribution in [0.15, 0.2) is 53.7 Å². The standard InChI is InChI=1S/C21H25N3OS/c1-26-20-19(8-5-11-22-20)21(25)24-14-17-9-10-18(15-24)23(13-17)12-16-6-3-2-4-7-16/h2-8,11,17-18H,9-10,12-15H2,1H3/t17-,18-/m1/s1. The Kier molecular flexibility index (Phi) is 5.27. The molecule has 0 aliphatic carbocycles. The highest BCUT2D eigenvalue weighted by Crippen LogP contribution is 2.30. The lowest BCUT2D eigenvalue weighted by Crippen LogP contribution is -2.44. The Bertz CT molecular complexity index is 767. The van der Waals surface area contributed by atoms with Gasteiger partial charge in [0.25, 0.3) is 5.91 Å². The number of fused-ring (bicyclic) bond motifs is 4. The quantitative estimate of drug-likeness (QED) is 0.775. The lowest BCUT2D eigenvalue weighted by molar-refractivity contribution is 0.0731. The van der Waals surface area contributed by atoms with Gasteiger partial charge in [-0.05, 0) is 42.7 Å². The van der Waals surface area contributed by atoms with E-state index in [4.69, 9.17) is 0 Å². The summed E-state index contributed by atoms with van der Waals surface area (Å²) in [6.07, 6.45) is 6.15. The molecule has 1 amide bonds. The highest BCUT2D eigenvalue weighted by atomic mass is 32.2. The molecule has 136 valence electrons. The molecular formula is C21H25N3OS. The highest BCUT2D eigenvalue weighted by Gasteiger charge is 2.37.